The molecule has 0 aromatic carbocycles. The van der Waals surface area contributed by atoms with Crippen molar-refractivity contribution in [2.75, 3.05) is 0 Å². The van der Waals surface area contributed by atoms with E-state index < -0.39 is 4.92 Å². The van der Waals surface area contributed by atoms with Crippen molar-refractivity contribution in [3.8, 4) is 0 Å². The maximum absolute atomic E-state index is 10.1. The van der Waals surface area contributed by atoms with Gasteiger partial charge in [-0.2, -0.15) is 0 Å². The zero-order chi connectivity index (χ0) is 8.43. The molecular formula is C5H8N4O2. The van der Waals surface area contributed by atoms with Gasteiger partial charge < -0.3 is 15.8 Å². The lowest BCUT2D eigenvalue weighted by Crippen LogP contribution is -2.04. The van der Waals surface area contributed by atoms with Crippen molar-refractivity contribution in [3.05, 3.63) is 21.9 Å². The highest BCUT2D eigenvalue weighted by atomic mass is 16.6. The van der Waals surface area contributed by atoms with Crippen LogP contribution in [0.15, 0.2) is 6.07 Å². The van der Waals surface area contributed by atoms with E-state index in [0.717, 1.165) is 0 Å². The van der Waals surface area contributed by atoms with Gasteiger partial charge in [-0.1, -0.05) is 5.10 Å². The van der Waals surface area contributed by atoms with Crippen LogP contribution in [-0.4, -0.2) is 15.1 Å². The number of aromatic nitrogens is 2. The predicted octanol–water partition coefficient (Wildman–Crippen LogP) is 0.338. The zero-order valence-corrected chi connectivity index (χ0v) is 5.94. The Morgan fingerprint density at radius 1 is 1.91 bits per heavy atom. The predicted molar refractivity (Wildman–Crippen MR) is 37.8 cm³/mol. The van der Waals surface area contributed by atoms with E-state index in [2.05, 4.69) is 10.2 Å². The molecule has 0 bridgehead atoms. The minimum absolute atomic E-state index is 0.127. The van der Waals surface area contributed by atoms with Crippen LogP contribution >= 0.6 is 0 Å². The summed E-state index contributed by atoms with van der Waals surface area (Å²) in [4.78, 5) is 9.59. The smallest absolute Gasteiger partial charge is 0.342 e. The molecule has 0 aliphatic rings. The van der Waals surface area contributed by atoms with Crippen LogP contribution < -0.4 is 5.73 Å². The number of aromatic amines is 1. The molecule has 3 N–H and O–H groups in total. The second kappa shape index (κ2) is 2.67. The van der Waals surface area contributed by atoms with E-state index in [-0.39, 0.29) is 11.9 Å². The Kier molecular flexibility index (Phi) is 1.86. The van der Waals surface area contributed by atoms with E-state index in [9.17, 15) is 10.1 Å². The Bertz CT molecular complexity index is 267. The molecule has 0 saturated carbocycles. The van der Waals surface area contributed by atoms with Crippen molar-refractivity contribution < 1.29 is 4.92 Å². The van der Waals surface area contributed by atoms with Crippen molar-refractivity contribution in [1.29, 1.82) is 0 Å². The Morgan fingerprint density at radius 2 is 2.55 bits per heavy atom. The van der Waals surface area contributed by atoms with Crippen molar-refractivity contribution >= 4 is 5.82 Å². The second-order valence-corrected chi connectivity index (χ2v) is 2.22. The van der Waals surface area contributed by atoms with E-state index in [4.69, 9.17) is 5.73 Å². The maximum atomic E-state index is 10.1. The molecule has 60 valence electrons. The molecule has 11 heavy (non-hydrogen) atoms. The average molecular weight is 156 g/mol. The number of nitrogens with two attached hydrogens (primary N) is 1. The highest BCUT2D eigenvalue weighted by Crippen LogP contribution is 2.12. The van der Waals surface area contributed by atoms with Crippen LogP contribution in [0.25, 0.3) is 0 Å². The van der Waals surface area contributed by atoms with Crippen LogP contribution in [0.3, 0.4) is 0 Å². The largest absolute Gasteiger partial charge is 0.358 e. The molecule has 6 nitrogen and oxygen atoms in total. The lowest BCUT2D eigenvalue weighted by atomic mass is 10.2. The maximum Gasteiger partial charge on any atom is 0.342 e. The molecule has 0 radical (unpaired) electrons. The molecule has 6 heteroatoms. The second-order valence-electron chi connectivity index (χ2n) is 2.22. The number of nitrogens with one attached hydrogen (secondary N) is 1. The van der Waals surface area contributed by atoms with Gasteiger partial charge >= 0.3 is 5.82 Å². The summed E-state index contributed by atoms with van der Waals surface area (Å²) >= 11 is 0. The first kappa shape index (κ1) is 7.67. The van der Waals surface area contributed by atoms with Crippen LogP contribution in [0.5, 0.6) is 0 Å². The fraction of sp³-hybridized carbons (Fsp3) is 0.400. The van der Waals surface area contributed by atoms with Gasteiger partial charge in [-0.15, -0.1) is 5.10 Å². The van der Waals surface area contributed by atoms with Crippen molar-refractivity contribution in [2.45, 2.75) is 13.0 Å². The summed E-state index contributed by atoms with van der Waals surface area (Å²) in [5.74, 6) is -0.127. The third-order valence-corrected chi connectivity index (χ3v) is 1.25. The van der Waals surface area contributed by atoms with Gasteiger partial charge in [-0.3, -0.25) is 0 Å². The number of hydrogen-bond donors (Lipinski definition) is 2. The van der Waals surface area contributed by atoms with Crippen LogP contribution in [0.2, 0.25) is 0 Å². The van der Waals surface area contributed by atoms with E-state index in [1.165, 1.54) is 6.07 Å². The van der Waals surface area contributed by atoms with Gasteiger partial charge in [0.05, 0.1) is 6.07 Å². The molecule has 0 spiro atoms. The third kappa shape index (κ3) is 1.53. The summed E-state index contributed by atoms with van der Waals surface area (Å²) in [5.41, 5.74) is 5.92. The van der Waals surface area contributed by atoms with Crippen molar-refractivity contribution in [2.24, 2.45) is 5.73 Å². The van der Waals surface area contributed by atoms with Gasteiger partial charge in [0.25, 0.3) is 0 Å². The van der Waals surface area contributed by atoms with Gasteiger partial charge in [0.15, 0.2) is 0 Å². The summed E-state index contributed by atoms with van der Waals surface area (Å²) in [7, 11) is 0. The summed E-state index contributed by atoms with van der Waals surface area (Å²) in [6, 6.07) is 1.05. The molecule has 1 rings (SSSR count). The van der Waals surface area contributed by atoms with Crippen LogP contribution in [0.1, 0.15) is 18.7 Å². The van der Waals surface area contributed by atoms with Crippen LogP contribution in [0, 0.1) is 10.1 Å². The van der Waals surface area contributed by atoms with Gasteiger partial charge in [0, 0.05) is 6.04 Å². The first-order valence-corrected chi connectivity index (χ1v) is 3.06. The standard InChI is InChI=1S/C5H8N4O2/c1-3(6)4-2-5(8-7-4)9(10)11/h2-3H,6H2,1H3,(H,7,8). The number of hydrogen-bond acceptors (Lipinski definition) is 4. The molecule has 1 heterocycles. The minimum Gasteiger partial charge on any atom is -0.358 e. The lowest BCUT2D eigenvalue weighted by molar-refractivity contribution is -0.389. The summed E-state index contributed by atoms with van der Waals surface area (Å²) in [6.07, 6.45) is 0. The topological polar surface area (TPSA) is 97.8 Å². The van der Waals surface area contributed by atoms with E-state index in [0.29, 0.717) is 5.69 Å². The van der Waals surface area contributed by atoms with Crippen LogP contribution in [0.4, 0.5) is 5.82 Å². The fourth-order valence-corrected chi connectivity index (χ4v) is 0.653. The van der Waals surface area contributed by atoms with Gasteiger partial charge in [0.1, 0.15) is 5.69 Å². The molecule has 1 aromatic heterocycles. The number of rotatable bonds is 2. The quantitative estimate of drug-likeness (QED) is 0.476. The molecule has 0 fully saturated rings. The Morgan fingerprint density at radius 3 is 2.82 bits per heavy atom. The summed E-state index contributed by atoms with van der Waals surface area (Å²) in [5, 5.41) is 16.0. The minimum atomic E-state index is -0.543. The SMILES string of the molecule is CC(N)c1cc([N+](=O)[O-])[nH]n1. The third-order valence-electron chi connectivity index (χ3n) is 1.25. The van der Waals surface area contributed by atoms with E-state index >= 15 is 0 Å². The molecule has 0 amide bonds. The molecule has 0 aliphatic heterocycles. The summed E-state index contributed by atoms with van der Waals surface area (Å²) < 4.78 is 0. The Balaban J connectivity index is 2.90. The van der Waals surface area contributed by atoms with Crippen molar-refractivity contribution in [3.63, 3.8) is 0 Å². The molecular weight excluding hydrogens is 148 g/mol. The van der Waals surface area contributed by atoms with Gasteiger partial charge in [0.2, 0.25) is 0 Å². The molecule has 0 saturated heterocycles. The van der Waals surface area contributed by atoms with Crippen molar-refractivity contribution in [1.82, 2.24) is 10.2 Å². The zero-order valence-electron chi connectivity index (χ0n) is 5.94. The van der Waals surface area contributed by atoms with Gasteiger partial charge in [-0.05, 0) is 11.8 Å². The van der Waals surface area contributed by atoms with E-state index in [1.54, 1.807) is 6.92 Å². The highest BCUT2D eigenvalue weighted by Gasteiger charge is 2.11. The monoisotopic (exact) mass is 156 g/mol. The number of H-pyrrole nitrogens is 1. The molecule has 0 aliphatic carbocycles. The van der Waals surface area contributed by atoms with E-state index in [1.807, 2.05) is 0 Å². The number of nitro groups is 1. The fourth-order valence-electron chi connectivity index (χ4n) is 0.653. The molecule has 1 atom stereocenters. The van der Waals surface area contributed by atoms with Crippen LogP contribution in [-0.2, 0) is 0 Å². The lowest BCUT2D eigenvalue weighted by Gasteiger charge is -1.93. The normalized spacial score (nSPS) is 12.9. The first-order valence-electron chi connectivity index (χ1n) is 3.06. The average Bonchev–Trinajstić information content (AvgIpc) is 2.33. The molecule has 1 unspecified atom stereocenters. The Hall–Kier alpha value is -1.43. The Labute approximate surface area is 62.6 Å². The molecule has 1 aromatic rings. The van der Waals surface area contributed by atoms with Gasteiger partial charge in [-0.25, -0.2) is 0 Å². The summed E-state index contributed by atoms with van der Waals surface area (Å²) in [6.45, 7) is 1.71. The first-order chi connectivity index (χ1) is 5.11. The highest BCUT2D eigenvalue weighted by molar-refractivity contribution is 5.22. The number of nitrogens with zero attached hydrogens (tertiary/aromatic N) is 2.